The van der Waals surface area contributed by atoms with E-state index in [1.165, 1.54) is 0 Å². The molecule has 0 saturated heterocycles. The fraction of sp³-hybridized carbons (Fsp3) is 0.167. The first kappa shape index (κ1) is 16.4. The number of phenols is 1. The van der Waals surface area contributed by atoms with Crippen LogP contribution in [0.2, 0.25) is 0 Å². The molecule has 0 fully saturated rings. The highest BCUT2D eigenvalue weighted by Gasteiger charge is 2.04. The van der Waals surface area contributed by atoms with Gasteiger partial charge in [-0.05, 0) is 48.5 Å². The van der Waals surface area contributed by atoms with E-state index in [0.717, 1.165) is 5.69 Å². The number of phenolic OH excluding ortho intramolecular Hbond substituents is 1. The molecule has 5 nitrogen and oxygen atoms in total. The summed E-state index contributed by atoms with van der Waals surface area (Å²) in [6.07, 6.45) is 1.67. The summed E-state index contributed by atoms with van der Waals surface area (Å²) < 4.78 is 5.37. The summed E-state index contributed by atoms with van der Waals surface area (Å²) in [7, 11) is 0. The largest absolute Gasteiger partial charge is 0.508 e. The summed E-state index contributed by atoms with van der Waals surface area (Å²) in [6, 6.07) is 13.7. The molecule has 5 heteroatoms. The first-order chi connectivity index (χ1) is 11.2. The Labute approximate surface area is 135 Å². The Morgan fingerprint density at radius 3 is 2.43 bits per heavy atom. The molecular formula is C18H20N2O3. The maximum absolute atomic E-state index is 12.0. The molecule has 2 aromatic rings. The summed E-state index contributed by atoms with van der Waals surface area (Å²) in [5.74, 6) is 0.799. The van der Waals surface area contributed by atoms with Gasteiger partial charge in [-0.2, -0.15) is 0 Å². The minimum atomic E-state index is -0.132. The molecule has 3 N–H and O–H groups in total. The lowest BCUT2D eigenvalue weighted by Gasteiger charge is -2.09. The van der Waals surface area contributed by atoms with Crippen molar-refractivity contribution in [2.24, 2.45) is 0 Å². The van der Waals surface area contributed by atoms with Crippen molar-refractivity contribution in [3.05, 3.63) is 66.7 Å². The Balaban J connectivity index is 1.73. The Kier molecular flexibility index (Phi) is 6.06. The van der Waals surface area contributed by atoms with Crippen LogP contribution >= 0.6 is 0 Å². The molecule has 0 atom stereocenters. The number of ether oxygens (including phenoxy) is 1. The fourth-order valence-electron chi connectivity index (χ4n) is 1.92. The van der Waals surface area contributed by atoms with E-state index in [-0.39, 0.29) is 11.7 Å². The number of hydrogen-bond donors (Lipinski definition) is 3. The lowest BCUT2D eigenvalue weighted by Crippen LogP contribution is -2.28. The van der Waals surface area contributed by atoms with E-state index in [4.69, 9.17) is 4.74 Å². The number of carbonyl (C=O) groups excluding carboxylic acids is 1. The number of aromatic hydroxyl groups is 1. The third-order valence-corrected chi connectivity index (χ3v) is 3.09. The normalized spacial score (nSPS) is 9.91. The van der Waals surface area contributed by atoms with Crippen LogP contribution in [-0.4, -0.2) is 30.7 Å². The van der Waals surface area contributed by atoms with Crippen LogP contribution in [0, 0.1) is 0 Å². The molecule has 2 aromatic carbocycles. The Morgan fingerprint density at radius 2 is 1.78 bits per heavy atom. The van der Waals surface area contributed by atoms with Gasteiger partial charge >= 0.3 is 0 Å². The van der Waals surface area contributed by atoms with Crippen molar-refractivity contribution in [2.75, 3.05) is 25.0 Å². The quantitative estimate of drug-likeness (QED) is 0.398. The highest BCUT2D eigenvalue weighted by molar-refractivity contribution is 5.94. The summed E-state index contributed by atoms with van der Waals surface area (Å²) in [6.45, 7) is 5.11. The predicted molar refractivity (Wildman–Crippen MR) is 91.1 cm³/mol. The van der Waals surface area contributed by atoms with Gasteiger partial charge in [0.1, 0.15) is 18.1 Å². The van der Waals surface area contributed by atoms with E-state index in [2.05, 4.69) is 17.2 Å². The van der Waals surface area contributed by atoms with E-state index in [1.807, 2.05) is 0 Å². The molecule has 0 heterocycles. The van der Waals surface area contributed by atoms with Crippen LogP contribution in [0.1, 0.15) is 10.4 Å². The van der Waals surface area contributed by atoms with Crippen molar-refractivity contribution in [1.29, 1.82) is 0 Å². The molecule has 0 bridgehead atoms. The van der Waals surface area contributed by atoms with Gasteiger partial charge in [-0.1, -0.05) is 12.7 Å². The van der Waals surface area contributed by atoms with Gasteiger partial charge in [-0.25, -0.2) is 0 Å². The van der Waals surface area contributed by atoms with E-state index in [9.17, 15) is 9.90 Å². The van der Waals surface area contributed by atoms with Crippen LogP contribution in [0.5, 0.6) is 11.5 Å². The summed E-state index contributed by atoms with van der Waals surface area (Å²) in [5, 5.41) is 15.2. The molecule has 0 aliphatic rings. The number of carbonyl (C=O) groups is 1. The highest BCUT2D eigenvalue weighted by atomic mass is 16.5. The third-order valence-electron chi connectivity index (χ3n) is 3.09. The number of nitrogens with one attached hydrogen (secondary N) is 2. The van der Waals surface area contributed by atoms with Crippen LogP contribution in [0.4, 0.5) is 5.69 Å². The second-order valence-electron chi connectivity index (χ2n) is 4.85. The molecule has 0 saturated carbocycles. The SMILES string of the molecule is C=CCOc1ccc(C(=O)NCCNc2ccc(O)cc2)cc1. The van der Waals surface area contributed by atoms with Gasteiger partial charge in [0.15, 0.2) is 0 Å². The zero-order valence-corrected chi connectivity index (χ0v) is 12.8. The van der Waals surface area contributed by atoms with Gasteiger partial charge in [0.25, 0.3) is 5.91 Å². The van der Waals surface area contributed by atoms with Gasteiger partial charge in [-0.15, -0.1) is 0 Å². The molecule has 0 spiro atoms. The zero-order valence-electron chi connectivity index (χ0n) is 12.8. The van der Waals surface area contributed by atoms with Crippen molar-refractivity contribution in [1.82, 2.24) is 5.32 Å². The maximum atomic E-state index is 12.0. The topological polar surface area (TPSA) is 70.6 Å². The van der Waals surface area contributed by atoms with Gasteiger partial charge in [-0.3, -0.25) is 4.79 Å². The highest BCUT2D eigenvalue weighted by Crippen LogP contribution is 2.13. The Hall–Kier alpha value is -2.95. The van der Waals surface area contributed by atoms with E-state index < -0.39 is 0 Å². The fourth-order valence-corrected chi connectivity index (χ4v) is 1.92. The van der Waals surface area contributed by atoms with Crippen LogP contribution in [0.3, 0.4) is 0 Å². The first-order valence-electron chi connectivity index (χ1n) is 7.34. The zero-order chi connectivity index (χ0) is 16.5. The van der Waals surface area contributed by atoms with Gasteiger partial charge in [0.05, 0.1) is 0 Å². The van der Waals surface area contributed by atoms with Gasteiger partial charge in [0.2, 0.25) is 0 Å². The lowest BCUT2D eigenvalue weighted by molar-refractivity contribution is 0.0955. The Morgan fingerprint density at radius 1 is 1.09 bits per heavy atom. The van der Waals surface area contributed by atoms with Crippen LogP contribution in [0.25, 0.3) is 0 Å². The smallest absolute Gasteiger partial charge is 0.251 e. The van der Waals surface area contributed by atoms with Crippen molar-refractivity contribution >= 4 is 11.6 Å². The molecule has 2 rings (SSSR count). The van der Waals surface area contributed by atoms with E-state index in [0.29, 0.717) is 31.0 Å². The lowest BCUT2D eigenvalue weighted by atomic mass is 10.2. The van der Waals surface area contributed by atoms with Gasteiger partial charge in [0, 0.05) is 24.3 Å². The Bertz CT molecular complexity index is 636. The van der Waals surface area contributed by atoms with Gasteiger partial charge < -0.3 is 20.5 Å². The van der Waals surface area contributed by atoms with Crippen LogP contribution in [-0.2, 0) is 0 Å². The molecule has 0 aliphatic heterocycles. The number of benzene rings is 2. The average molecular weight is 312 g/mol. The minimum absolute atomic E-state index is 0.132. The number of amides is 1. The van der Waals surface area contributed by atoms with Crippen molar-refractivity contribution in [3.63, 3.8) is 0 Å². The monoisotopic (exact) mass is 312 g/mol. The number of rotatable bonds is 8. The second-order valence-corrected chi connectivity index (χ2v) is 4.85. The van der Waals surface area contributed by atoms with Crippen LogP contribution < -0.4 is 15.4 Å². The average Bonchev–Trinajstić information content (AvgIpc) is 2.58. The molecule has 23 heavy (non-hydrogen) atoms. The molecule has 0 radical (unpaired) electrons. The number of hydrogen-bond acceptors (Lipinski definition) is 4. The first-order valence-corrected chi connectivity index (χ1v) is 7.34. The predicted octanol–water partition coefficient (Wildman–Crippen LogP) is 2.80. The molecule has 0 unspecified atom stereocenters. The molecule has 0 aromatic heterocycles. The molecule has 1 amide bonds. The van der Waals surface area contributed by atoms with Crippen molar-refractivity contribution in [3.8, 4) is 11.5 Å². The second kappa shape index (κ2) is 8.48. The molecule has 120 valence electrons. The van der Waals surface area contributed by atoms with E-state index >= 15 is 0 Å². The third kappa shape index (κ3) is 5.39. The summed E-state index contributed by atoms with van der Waals surface area (Å²) in [4.78, 5) is 12.0. The summed E-state index contributed by atoms with van der Waals surface area (Å²) >= 11 is 0. The summed E-state index contributed by atoms with van der Waals surface area (Å²) in [5.41, 5.74) is 1.47. The van der Waals surface area contributed by atoms with Crippen molar-refractivity contribution < 1.29 is 14.6 Å². The van der Waals surface area contributed by atoms with E-state index in [1.54, 1.807) is 54.6 Å². The maximum Gasteiger partial charge on any atom is 0.251 e. The molecule has 0 aliphatic carbocycles. The van der Waals surface area contributed by atoms with Crippen LogP contribution in [0.15, 0.2) is 61.2 Å². The standard InChI is InChI=1S/C18H20N2O3/c1-2-13-23-17-9-3-14(4-10-17)18(22)20-12-11-19-15-5-7-16(21)8-6-15/h2-10,19,21H,1,11-13H2,(H,20,22). The molecular weight excluding hydrogens is 292 g/mol. The minimum Gasteiger partial charge on any atom is -0.508 e. The number of anilines is 1. The van der Waals surface area contributed by atoms with Crippen molar-refractivity contribution in [2.45, 2.75) is 0 Å².